The molecule has 0 atom stereocenters. The third-order valence-corrected chi connectivity index (χ3v) is 6.73. The third-order valence-electron chi connectivity index (χ3n) is 5.45. The summed E-state index contributed by atoms with van der Waals surface area (Å²) in [5.74, 6) is 0. The van der Waals surface area contributed by atoms with Crippen LogP contribution in [0, 0.1) is 0 Å². The summed E-state index contributed by atoms with van der Waals surface area (Å²) in [6, 6.07) is 36.0. The van der Waals surface area contributed by atoms with Gasteiger partial charge in [0.15, 0.2) is 0 Å². The van der Waals surface area contributed by atoms with E-state index in [4.69, 9.17) is 4.98 Å². The van der Waals surface area contributed by atoms with Gasteiger partial charge in [-0.25, -0.2) is 4.98 Å². The fraction of sp³-hybridized carbons (Fsp3) is 0. The minimum Gasteiger partial charge on any atom is -0.298 e. The van der Waals surface area contributed by atoms with E-state index in [0.29, 0.717) is 0 Å². The molecule has 0 saturated heterocycles. The Morgan fingerprint density at radius 3 is 1.90 bits per heavy atom. The second kappa shape index (κ2) is 6.97. The Balaban J connectivity index is 1.72. The number of fused-ring (bicyclic) bond motifs is 2. The van der Waals surface area contributed by atoms with Gasteiger partial charge in [-0.2, -0.15) is 0 Å². The normalized spacial score (nSPS) is 11.3. The highest BCUT2D eigenvalue weighted by Gasteiger charge is 2.21. The number of nitrogens with zero attached hydrogens (tertiary/aromatic N) is 2. The van der Waals surface area contributed by atoms with E-state index < -0.39 is 0 Å². The van der Waals surface area contributed by atoms with Crippen LogP contribution in [-0.2, 0) is 0 Å². The summed E-state index contributed by atoms with van der Waals surface area (Å²) in [7, 11) is 0. The van der Waals surface area contributed by atoms with Crippen molar-refractivity contribution in [3.63, 3.8) is 0 Å². The number of benzene rings is 3. The first kappa shape index (κ1) is 17.2. The molecule has 3 heteroatoms. The van der Waals surface area contributed by atoms with Crippen LogP contribution in [0.1, 0.15) is 0 Å². The molecule has 0 aliphatic rings. The topological polar surface area (TPSA) is 17.3 Å². The number of hydrogen-bond donors (Lipinski definition) is 0. The summed E-state index contributed by atoms with van der Waals surface area (Å²) in [6.07, 6.45) is 2.11. The minimum atomic E-state index is 0.963. The van der Waals surface area contributed by atoms with Gasteiger partial charge >= 0.3 is 0 Å². The number of pyridine rings is 1. The van der Waals surface area contributed by atoms with Crippen molar-refractivity contribution in [2.45, 2.75) is 0 Å². The molecule has 0 fully saturated rings. The van der Waals surface area contributed by atoms with Gasteiger partial charge in [-0.15, -0.1) is 11.3 Å². The number of imidazole rings is 1. The molecule has 2 nitrogen and oxygen atoms in total. The summed E-state index contributed by atoms with van der Waals surface area (Å²) < 4.78 is 2.22. The molecule has 0 N–H and O–H groups in total. The number of hydrogen-bond acceptors (Lipinski definition) is 2. The van der Waals surface area contributed by atoms with Crippen LogP contribution in [0.5, 0.6) is 0 Å². The molecule has 0 aliphatic carbocycles. The predicted octanol–water partition coefficient (Wildman–Crippen LogP) is 7.55. The van der Waals surface area contributed by atoms with Crippen LogP contribution in [0.4, 0.5) is 0 Å². The van der Waals surface area contributed by atoms with Gasteiger partial charge < -0.3 is 0 Å². The maximum atomic E-state index is 5.02. The molecule has 0 spiro atoms. The van der Waals surface area contributed by atoms with Crippen molar-refractivity contribution >= 4 is 27.8 Å². The van der Waals surface area contributed by atoms with E-state index in [9.17, 15) is 0 Å². The van der Waals surface area contributed by atoms with Gasteiger partial charge in [-0.05, 0) is 17.7 Å². The molecular formula is C27H18N2S. The van der Waals surface area contributed by atoms with Crippen molar-refractivity contribution in [2.75, 3.05) is 0 Å². The van der Waals surface area contributed by atoms with E-state index in [0.717, 1.165) is 22.6 Å². The first-order chi connectivity index (χ1) is 14.9. The lowest BCUT2D eigenvalue weighted by Crippen LogP contribution is -1.87. The first-order valence-corrected chi connectivity index (χ1v) is 10.8. The molecule has 0 aliphatic heterocycles. The third kappa shape index (κ3) is 2.67. The smallest absolute Gasteiger partial charge is 0.137 e. The van der Waals surface area contributed by atoms with Crippen LogP contribution in [-0.4, -0.2) is 9.38 Å². The first-order valence-electron chi connectivity index (χ1n) is 10.00. The molecule has 0 amide bonds. The molecule has 142 valence electrons. The molecule has 3 aromatic heterocycles. The lowest BCUT2D eigenvalue weighted by atomic mass is 10.0. The number of rotatable bonds is 3. The van der Waals surface area contributed by atoms with Gasteiger partial charge in [-0.3, -0.25) is 4.40 Å². The highest BCUT2D eigenvalue weighted by Crippen LogP contribution is 2.46. The van der Waals surface area contributed by atoms with E-state index in [1.54, 1.807) is 0 Å². The predicted molar refractivity (Wildman–Crippen MR) is 127 cm³/mol. The van der Waals surface area contributed by atoms with Crippen molar-refractivity contribution in [1.82, 2.24) is 9.38 Å². The van der Waals surface area contributed by atoms with Crippen molar-refractivity contribution in [3.8, 4) is 32.3 Å². The van der Waals surface area contributed by atoms with Crippen LogP contribution in [0.25, 0.3) is 48.7 Å². The average molecular weight is 403 g/mol. The molecule has 30 heavy (non-hydrogen) atoms. The zero-order valence-electron chi connectivity index (χ0n) is 16.2. The van der Waals surface area contributed by atoms with Crippen LogP contribution in [0.15, 0.2) is 109 Å². The van der Waals surface area contributed by atoms with Gasteiger partial charge in [0.2, 0.25) is 0 Å². The molecular weight excluding hydrogens is 384 g/mol. The number of thiophene rings is 1. The average Bonchev–Trinajstić information content (AvgIpc) is 3.39. The lowest BCUT2D eigenvalue weighted by molar-refractivity contribution is 1.20. The van der Waals surface area contributed by atoms with E-state index in [1.807, 2.05) is 23.5 Å². The van der Waals surface area contributed by atoms with Crippen molar-refractivity contribution in [2.24, 2.45) is 0 Å². The molecule has 0 saturated carbocycles. The van der Waals surface area contributed by atoms with Crippen molar-refractivity contribution in [1.29, 1.82) is 0 Å². The van der Waals surface area contributed by atoms with Crippen LogP contribution in [0.3, 0.4) is 0 Å². The number of aromatic nitrogens is 2. The molecule has 6 aromatic rings. The Morgan fingerprint density at radius 1 is 0.567 bits per heavy atom. The summed E-state index contributed by atoms with van der Waals surface area (Å²) in [5, 5.41) is 2.55. The quantitative estimate of drug-likeness (QED) is 0.299. The molecule has 0 radical (unpaired) electrons. The Kier molecular flexibility index (Phi) is 4.00. The monoisotopic (exact) mass is 402 g/mol. The van der Waals surface area contributed by atoms with E-state index in [2.05, 4.69) is 102 Å². The Hall–Kier alpha value is -3.69. The molecule has 0 unspecified atom stereocenters. The van der Waals surface area contributed by atoms with Crippen LogP contribution < -0.4 is 0 Å². The van der Waals surface area contributed by atoms with Gasteiger partial charge in [0.05, 0.1) is 16.3 Å². The van der Waals surface area contributed by atoms with Gasteiger partial charge in [0.1, 0.15) is 5.65 Å². The second-order valence-electron chi connectivity index (χ2n) is 7.28. The van der Waals surface area contributed by atoms with Crippen LogP contribution >= 0.6 is 11.3 Å². The van der Waals surface area contributed by atoms with E-state index in [-0.39, 0.29) is 0 Å². The van der Waals surface area contributed by atoms with Crippen molar-refractivity contribution < 1.29 is 0 Å². The van der Waals surface area contributed by atoms with E-state index >= 15 is 0 Å². The maximum Gasteiger partial charge on any atom is 0.137 e. The van der Waals surface area contributed by atoms with E-state index in [1.165, 1.54) is 26.1 Å². The van der Waals surface area contributed by atoms with Gasteiger partial charge in [-0.1, -0.05) is 91.0 Å². The zero-order valence-corrected chi connectivity index (χ0v) is 17.0. The SMILES string of the molecule is c1ccc(-c2nc3ccccn3c2-c2sc(-c3ccccc3)c3ccccc23)cc1. The molecule has 3 heterocycles. The Morgan fingerprint density at radius 2 is 1.17 bits per heavy atom. The highest BCUT2D eigenvalue weighted by atomic mass is 32.1. The maximum absolute atomic E-state index is 5.02. The fourth-order valence-corrected chi connectivity index (χ4v) is 5.41. The van der Waals surface area contributed by atoms with Crippen molar-refractivity contribution in [3.05, 3.63) is 109 Å². The Bertz CT molecular complexity index is 1480. The molecule has 3 aromatic carbocycles. The Labute approximate surface area is 178 Å². The highest BCUT2D eigenvalue weighted by molar-refractivity contribution is 7.21. The van der Waals surface area contributed by atoms with Crippen LogP contribution in [0.2, 0.25) is 0 Å². The summed E-state index contributed by atoms with van der Waals surface area (Å²) in [5.41, 5.74) is 5.52. The second-order valence-corrected chi connectivity index (χ2v) is 8.30. The molecule has 6 rings (SSSR count). The fourth-order valence-electron chi connectivity index (χ4n) is 4.08. The minimum absolute atomic E-state index is 0.963. The summed E-state index contributed by atoms with van der Waals surface area (Å²) in [6.45, 7) is 0. The lowest BCUT2D eigenvalue weighted by Gasteiger charge is -2.04. The van der Waals surface area contributed by atoms with Gasteiger partial charge in [0, 0.05) is 27.4 Å². The summed E-state index contributed by atoms with van der Waals surface area (Å²) >= 11 is 1.85. The summed E-state index contributed by atoms with van der Waals surface area (Å²) in [4.78, 5) is 7.57. The zero-order chi connectivity index (χ0) is 19.9. The molecule has 0 bridgehead atoms. The standard InChI is InChI=1S/C27H18N2S/c1-3-11-19(12-4-1)24-25(29-18-10-9-17-23(29)28-24)27-22-16-8-7-15-21(22)26(30-27)20-13-5-2-6-14-20/h1-18H. The largest absolute Gasteiger partial charge is 0.298 e. The van der Waals surface area contributed by atoms with Gasteiger partial charge in [0.25, 0.3) is 0 Å².